The first kappa shape index (κ1) is 24.7. The third-order valence-corrected chi connectivity index (χ3v) is 6.67. The Morgan fingerprint density at radius 2 is 2.00 bits per heavy atom. The molecule has 3 heterocycles. The summed E-state index contributed by atoms with van der Waals surface area (Å²) in [6.45, 7) is 4.04. The number of carbonyl (C=O) groups is 1. The molecule has 2 aliphatic rings. The van der Waals surface area contributed by atoms with Crippen LogP contribution < -0.4 is 19.9 Å². The Hall–Kier alpha value is -4.01. The number of carbonyl (C=O) groups excluding carboxylic acids is 1. The summed E-state index contributed by atoms with van der Waals surface area (Å²) in [7, 11) is 0. The molecule has 1 saturated heterocycles. The second-order valence-corrected chi connectivity index (χ2v) is 9.27. The van der Waals surface area contributed by atoms with Gasteiger partial charge in [0.25, 0.3) is 0 Å². The Balaban J connectivity index is 1.56. The summed E-state index contributed by atoms with van der Waals surface area (Å²) in [5.74, 6) is 0.341. The average molecular weight is 566 g/mol. The van der Waals surface area contributed by atoms with E-state index in [1.807, 2.05) is 31.2 Å². The lowest BCUT2D eigenvalue weighted by Gasteiger charge is -2.27. The highest BCUT2D eigenvalue weighted by Gasteiger charge is 2.36. The molecular weight excluding hydrogens is 542 g/mol. The Kier molecular flexibility index (Phi) is 7.03. The molecule has 1 unspecified atom stereocenters. The van der Waals surface area contributed by atoms with Crippen LogP contribution in [0.5, 0.6) is 17.4 Å². The fourth-order valence-electron chi connectivity index (χ4n) is 4.38. The van der Waals surface area contributed by atoms with E-state index in [0.29, 0.717) is 61.4 Å². The van der Waals surface area contributed by atoms with Crippen molar-refractivity contribution in [2.75, 3.05) is 32.9 Å². The number of amides is 1. The second kappa shape index (κ2) is 10.5. The molecule has 1 amide bonds. The molecule has 0 spiro atoms. The number of halogens is 1. The van der Waals surface area contributed by atoms with Crippen LogP contribution in [0.3, 0.4) is 0 Å². The summed E-state index contributed by atoms with van der Waals surface area (Å²) < 4.78 is 23.5. The van der Waals surface area contributed by atoms with Crippen LogP contribution in [0.15, 0.2) is 58.4 Å². The zero-order valence-electron chi connectivity index (χ0n) is 20.0. The lowest BCUT2D eigenvalue weighted by atomic mass is 9.83. The van der Waals surface area contributed by atoms with E-state index in [2.05, 4.69) is 32.2 Å². The van der Waals surface area contributed by atoms with Gasteiger partial charge in [-0.05, 0) is 36.8 Å². The zero-order chi connectivity index (χ0) is 25.9. The predicted octanol–water partition coefficient (Wildman–Crippen LogP) is 4.29. The van der Waals surface area contributed by atoms with E-state index in [4.69, 9.17) is 24.7 Å². The number of ether oxygens (including phenoxy) is 4. The number of hydrogen-bond acceptors (Lipinski definition) is 8. The average Bonchev–Trinajstić information content (AvgIpc) is 3.33. The number of nitrogens with one attached hydrogen (secondary N) is 1. The number of fused-ring (bicyclic) bond motifs is 1. The highest BCUT2D eigenvalue weighted by Crippen LogP contribution is 2.47. The summed E-state index contributed by atoms with van der Waals surface area (Å²) >= 11 is 3.46. The van der Waals surface area contributed by atoms with Crippen LogP contribution in [0, 0.1) is 11.3 Å². The van der Waals surface area contributed by atoms with Crippen LogP contribution in [0.2, 0.25) is 0 Å². The zero-order valence-corrected chi connectivity index (χ0v) is 21.6. The maximum absolute atomic E-state index is 12.7. The van der Waals surface area contributed by atoms with Gasteiger partial charge in [-0.25, -0.2) is 4.79 Å². The largest absolute Gasteiger partial charge is 0.490 e. The van der Waals surface area contributed by atoms with Crippen molar-refractivity contribution in [2.45, 2.75) is 12.8 Å². The molecule has 1 atom stereocenters. The van der Waals surface area contributed by atoms with E-state index < -0.39 is 12.0 Å². The second-order valence-electron chi connectivity index (χ2n) is 8.36. The molecule has 1 fully saturated rings. The summed E-state index contributed by atoms with van der Waals surface area (Å²) in [6.07, 6.45) is -0.473. The lowest BCUT2D eigenvalue weighted by molar-refractivity contribution is 0.0413. The van der Waals surface area contributed by atoms with Crippen LogP contribution in [0.1, 0.15) is 24.0 Å². The molecule has 3 N–H and O–H groups in total. The highest BCUT2D eigenvalue weighted by atomic mass is 79.9. The molecule has 0 saturated carbocycles. The summed E-state index contributed by atoms with van der Waals surface area (Å²) in [4.78, 5) is 14.3. The third-order valence-electron chi connectivity index (χ3n) is 6.14. The number of allylic oxidation sites excluding steroid dienone is 1. The molecule has 2 aromatic carbocycles. The molecule has 190 valence electrons. The van der Waals surface area contributed by atoms with Crippen molar-refractivity contribution >= 4 is 22.0 Å². The molecule has 11 heteroatoms. The van der Waals surface area contributed by atoms with E-state index >= 15 is 0 Å². The molecule has 10 nitrogen and oxygen atoms in total. The fourth-order valence-corrected chi connectivity index (χ4v) is 4.64. The number of H-pyrrole nitrogens is 1. The van der Waals surface area contributed by atoms with Gasteiger partial charge in [-0.2, -0.15) is 5.26 Å². The molecule has 0 radical (unpaired) electrons. The van der Waals surface area contributed by atoms with Gasteiger partial charge >= 0.3 is 6.09 Å². The number of nitrogens with zero attached hydrogens (tertiary/aromatic N) is 3. The minimum absolute atomic E-state index is 0.0189. The predicted molar refractivity (Wildman–Crippen MR) is 137 cm³/mol. The SMILES string of the molecule is CCOc1cc(C2C(C#N)=C(N)Oc3n[nH]c(-c4ccc(Br)cc4)c32)ccc1OC(=O)N1CCOCC1. The maximum Gasteiger partial charge on any atom is 0.415 e. The van der Waals surface area contributed by atoms with Crippen molar-refractivity contribution in [1.82, 2.24) is 15.1 Å². The van der Waals surface area contributed by atoms with Crippen molar-refractivity contribution < 1.29 is 23.7 Å². The van der Waals surface area contributed by atoms with Gasteiger partial charge in [0, 0.05) is 23.1 Å². The van der Waals surface area contributed by atoms with E-state index in [-0.39, 0.29) is 17.2 Å². The van der Waals surface area contributed by atoms with Gasteiger partial charge in [0.05, 0.1) is 37.0 Å². The number of morpholine rings is 1. The third kappa shape index (κ3) is 4.85. The van der Waals surface area contributed by atoms with Crippen molar-refractivity contribution in [3.8, 4) is 34.7 Å². The summed E-state index contributed by atoms with van der Waals surface area (Å²) in [6, 6.07) is 15.1. The van der Waals surface area contributed by atoms with Crippen LogP contribution in [0.4, 0.5) is 4.79 Å². The number of aromatic nitrogens is 2. The smallest absolute Gasteiger partial charge is 0.415 e. The van der Waals surface area contributed by atoms with Gasteiger partial charge < -0.3 is 29.6 Å². The first-order valence-electron chi connectivity index (χ1n) is 11.7. The standard InChI is InChI=1S/C26H24BrN5O5/c1-2-35-20-13-16(5-8-19(20)36-26(33)32-9-11-34-12-10-32)21-18(14-28)24(29)37-25-22(21)23(30-31-25)15-3-6-17(27)7-4-15/h3-8,13,21H,2,9-12,29H2,1H3,(H,30,31). The van der Waals surface area contributed by atoms with Gasteiger partial charge in [-0.1, -0.05) is 34.1 Å². The first-order valence-corrected chi connectivity index (χ1v) is 12.5. The molecule has 1 aromatic heterocycles. The maximum atomic E-state index is 12.7. The number of nitrogens with two attached hydrogens (primary N) is 1. The molecule has 2 aliphatic heterocycles. The van der Waals surface area contributed by atoms with Crippen LogP contribution >= 0.6 is 15.9 Å². The lowest BCUT2D eigenvalue weighted by Crippen LogP contribution is -2.42. The van der Waals surface area contributed by atoms with Gasteiger partial charge in [0.15, 0.2) is 11.5 Å². The van der Waals surface area contributed by atoms with Crippen molar-refractivity contribution in [1.29, 1.82) is 5.26 Å². The normalized spacial score (nSPS) is 17.0. The molecule has 5 rings (SSSR count). The molecular formula is C26H24BrN5O5. The number of benzene rings is 2. The number of rotatable bonds is 5. The summed E-state index contributed by atoms with van der Waals surface area (Å²) in [5, 5.41) is 17.4. The number of aromatic amines is 1. The van der Waals surface area contributed by atoms with Crippen LogP contribution in [0.25, 0.3) is 11.3 Å². The quantitative estimate of drug-likeness (QED) is 0.467. The van der Waals surface area contributed by atoms with E-state index in [1.54, 1.807) is 23.1 Å². The minimum atomic E-state index is -0.589. The molecule has 0 aliphatic carbocycles. The van der Waals surface area contributed by atoms with E-state index in [0.717, 1.165) is 10.0 Å². The Labute approximate surface area is 221 Å². The van der Waals surface area contributed by atoms with E-state index in [9.17, 15) is 10.1 Å². The molecule has 37 heavy (non-hydrogen) atoms. The fraction of sp³-hybridized carbons (Fsp3) is 0.269. The van der Waals surface area contributed by atoms with Crippen molar-refractivity contribution in [3.63, 3.8) is 0 Å². The van der Waals surface area contributed by atoms with Crippen molar-refractivity contribution in [2.24, 2.45) is 5.73 Å². The minimum Gasteiger partial charge on any atom is -0.490 e. The highest BCUT2D eigenvalue weighted by molar-refractivity contribution is 9.10. The molecule has 3 aromatic rings. The van der Waals surface area contributed by atoms with Crippen molar-refractivity contribution in [3.05, 3.63) is 69.5 Å². The Bertz CT molecular complexity index is 1390. The van der Waals surface area contributed by atoms with Gasteiger partial charge in [0.1, 0.15) is 11.6 Å². The monoisotopic (exact) mass is 565 g/mol. The Morgan fingerprint density at radius 1 is 1.24 bits per heavy atom. The van der Waals surface area contributed by atoms with Gasteiger partial charge in [0.2, 0.25) is 11.8 Å². The first-order chi connectivity index (χ1) is 18.0. The van der Waals surface area contributed by atoms with Crippen LogP contribution in [-0.4, -0.2) is 54.1 Å². The Morgan fingerprint density at radius 3 is 2.70 bits per heavy atom. The van der Waals surface area contributed by atoms with Crippen LogP contribution in [-0.2, 0) is 4.74 Å². The van der Waals surface area contributed by atoms with E-state index in [1.165, 1.54) is 0 Å². The van der Waals surface area contributed by atoms with Gasteiger partial charge in [-0.3, -0.25) is 5.10 Å². The summed E-state index contributed by atoms with van der Waals surface area (Å²) in [5.41, 5.74) is 9.33. The van der Waals surface area contributed by atoms with Gasteiger partial charge in [-0.15, -0.1) is 5.10 Å². The topological polar surface area (TPSA) is 136 Å². The number of hydrogen-bond donors (Lipinski definition) is 2. The molecule has 0 bridgehead atoms. The number of nitriles is 1.